The Morgan fingerprint density at radius 2 is 1.69 bits per heavy atom. The van der Waals surface area contributed by atoms with Crippen LogP contribution in [-0.4, -0.2) is 26.8 Å². The van der Waals surface area contributed by atoms with E-state index in [0.717, 1.165) is 32.6 Å². The van der Waals surface area contributed by atoms with Crippen molar-refractivity contribution in [1.29, 1.82) is 0 Å². The van der Waals surface area contributed by atoms with Crippen molar-refractivity contribution in [3.63, 3.8) is 0 Å². The van der Waals surface area contributed by atoms with Gasteiger partial charge >= 0.3 is 0 Å². The zero-order valence-corrected chi connectivity index (χ0v) is 16.8. The predicted molar refractivity (Wildman–Crippen MR) is 118 cm³/mol. The van der Waals surface area contributed by atoms with Crippen LogP contribution in [0.25, 0.3) is 32.4 Å². The lowest BCUT2D eigenvalue weighted by Gasteiger charge is -2.23. The first kappa shape index (κ1) is 16.9. The van der Waals surface area contributed by atoms with E-state index in [2.05, 4.69) is 34.5 Å². The minimum Gasteiger partial charge on any atom is -0.273 e. The number of rotatable bonds is 2. The lowest BCUT2D eigenvalue weighted by atomic mass is 10.0. The van der Waals surface area contributed by atoms with E-state index in [1.165, 1.54) is 16.7 Å². The molecule has 1 atom stereocenters. The fraction of sp³-hybridized carbons (Fsp3) is 0.0909. The van der Waals surface area contributed by atoms with E-state index in [1.54, 1.807) is 16.7 Å². The molecule has 0 N–H and O–H groups in total. The van der Waals surface area contributed by atoms with Crippen molar-refractivity contribution >= 4 is 55.8 Å². The molecule has 1 unspecified atom stereocenters. The molecule has 140 valence electrons. The summed E-state index contributed by atoms with van der Waals surface area (Å²) in [5.74, 6) is 0.477. The molecule has 0 aromatic heterocycles. The van der Waals surface area contributed by atoms with Crippen LogP contribution < -0.4 is 4.90 Å². The van der Waals surface area contributed by atoms with Gasteiger partial charge in [-0.3, -0.25) is 9.69 Å². The van der Waals surface area contributed by atoms with Crippen LogP contribution in [0.15, 0.2) is 66.7 Å². The fourth-order valence-corrected chi connectivity index (χ4v) is 6.05. The van der Waals surface area contributed by atoms with Gasteiger partial charge in [0, 0.05) is 5.39 Å². The van der Waals surface area contributed by atoms with Crippen molar-refractivity contribution in [2.24, 2.45) is 0 Å². The van der Waals surface area contributed by atoms with Crippen LogP contribution in [0.1, 0.15) is 10.9 Å². The van der Waals surface area contributed by atoms with Crippen LogP contribution in [0.4, 0.5) is 5.13 Å². The van der Waals surface area contributed by atoms with Crippen LogP contribution in [0.2, 0.25) is 0 Å². The number of thioether (sulfide) groups is 1. The van der Waals surface area contributed by atoms with Gasteiger partial charge < -0.3 is 0 Å². The van der Waals surface area contributed by atoms with Crippen molar-refractivity contribution in [2.75, 3.05) is 10.7 Å². The number of fused-ring (bicyclic) bond motifs is 4. The number of hydrogen-bond donors (Lipinski definition) is 0. The number of anilines is 1. The molecule has 3 aliphatic rings. The second-order valence-corrected chi connectivity index (χ2v) is 8.89. The van der Waals surface area contributed by atoms with Crippen molar-refractivity contribution in [1.82, 2.24) is 15.2 Å². The van der Waals surface area contributed by atoms with Gasteiger partial charge in [0.1, 0.15) is 16.1 Å². The molecule has 0 aliphatic carbocycles. The zero-order chi connectivity index (χ0) is 19.4. The number of aromatic nitrogens is 3. The molecule has 6 rings (SSSR count). The Morgan fingerprint density at radius 1 is 0.897 bits per heavy atom. The molecule has 3 aromatic carbocycles. The Labute approximate surface area is 174 Å². The van der Waals surface area contributed by atoms with Crippen molar-refractivity contribution in [3.8, 4) is 10.7 Å². The Balaban J connectivity index is 1.50. The maximum absolute atomic E-state index is 12.8. The topological polar surface area (TPSA) is 59.0 Å². The van der Waals surface area contributed by atoms with Crippen LogP contribution in [0.5, 0.6) is 0 Å². The average molecular weight is 415 g/mol. The monoisotopic (exact) mass is 414 g/mol. The number of amides is 1. The molecule has 1 amide bonds. The molecular weight excluding hydrogens is 400 g/mol. The number of carbonyl (C=O) groups excluding carboxylic acids is 1. The molecule has 3 aromatic rings. The summed E-state index contributed by atoms with van der Waals surface area (Å²) in [5, 5.41) is 13.5. The molecule has 0 radical (unpaired) electrons. The lowest BCUT2D eigenvalue weighted by molar-refractivity contribution is -0.115. The van der Waals surface area contributed by atoms with E-state index < -0.39 is 0 Å². The summed E-state index contributed by atoms with van der Waals surface area (Å²) in [4.78, 5) is 19.3. The van der Waals surface area contributed by atoms with E-state index in [-0.39, 0.29) is 11.3 Å². The highest BCUT2D eigenvalue weighted by molar-refractivity contribution is 8.00. The summed E-state index contributed by atoms with van der Waals surface area (Å²) >= 11 is 3.05. The summed E-state index contributed by atoms with van der Waals surface area (Å²) in [7, 11) is 0. The third-order valence-corrected chi connectivity index (χ3v) is 7.30. The summed E-state index contributed by atoms with van der Waals surface area (Å²) in [6.45, 7) is 0. The molecule has 1 fully saturated rings. The van der Waals surface area contributed by atoms with Gasteiger partial charge in [-0.15, -0.1) is 22.0 Å². The van der Waals surface area contributed by atoms with Gasteiger partial charge in [0.25, 0.3) is 0 Å². The van der Waals surface area contributed by atoms with Gasteiger partial charge in [-0.1, -0.05) is 72.0 Å². The maximum Gasteiger partial charge on any atom is 0.240 e. The first-order valence-corrected chi connectivity index (χ1v) is 11.1. The van der Waals surface area contributed by atoms with Crippen LogP contribution >= 0.6 is 23.1 Å². The number of nitrogens with zero attached hydrogens (tertiary/aromatic N) is 4. The van der Waals surface area contributed by atoms with E-state index in [4.69, 9.17) is 4.98 Å². The summed E-state index contributed by atoms with van der Waals surface area (Å²) < 4.78 is 0. The lowest BCUT2D eigenvalue weighted by Crippen LogP contribution is -2.28. The Bertz CT molecular complexity index is 1360. The van der Waals surface area contributed by atoms with Crippen molar-refractivity contribution < 1.29 is 4.79 Å². The third kappa shape index (κ3) is 2.62. The molecule has 0 bridgehead atoms. The van der Waals surface area contributed by atoms with Crippen LogP contribution in [0, 0.1) is 0 Å². The smallest absolute Gasteiger partial charge is 0.240 e. The minimum atomic E-state index is -0.124. The van der Waals surface area contributed by atoms with Crippen molar-refractivity contribution in [2.45, 2.75) is 5.37 Å². The molecule has 3 heterocycles. The zero-order valence-electron chi connectivity index (χ0n) is 15.1. The van der Waals surface area contributed by atoms with Crippen LogP contribution in [0.3, 0.4) is 0 Å². The van der Waals surface area contributed by atoms with E-state index >= 15 is 0 Å². The second-order valence-electron chi connectivity index (χ2n) is 6.86. The SMILES string of the molecule is O=C1CSC(c2cccc3ccccc23)N1c1nnc2c3ccccc3nc-2s1. The second kappa shape index (κ2) is 6.50. The fourth-order valence-electron chi connectivity index (χ4n) is 3.84. The molecular formula is C22H14N4OS2. The van der Waals surface area contributed by atoms with Crippen LogP contribution in [-0.2, 0) is 4.79 Å². The number of para-hydroxylation sites is 1. The first-order chi connectivity index (χ1) is 14.3. The highest BCUT2D eigenvalue weighted by atomic mass is 32.2. The molecule has 0 saturated carbocycles. The normalized spacial score (nSPS) is 17.0. The van der Waals surface area contributed by atoms with Gasteiger partial charge in [0.05, 0.1) is 11.3 Å². The maximum atomic E-state index is 12.8. The Kier molecular flexibility index (Phi) is 3.79. The summed E-state index contributed by atoms with van der Waals surface area (Å²) in [6, 6.07) is 22.4. The molecule has 0 spiro atoms. The predicted octanol–water partition coefficient (Wildman–Crippen LogP) is 5.12. The molecule has 7 heteroatoms. The quantitative estimate of drug-likeness (QED) is 0.401. The van der Waals surface area contributed by atoms with E-state index in [0.29, 0.717) is 10.9 Å². The molecule has 3 aliphatic heterocycles. The van der Waals surface area contributed by atoms with Gasteiger partial charge in [-0.05, 0) is 22.4 Å². The van der Waals surface area contributed by atoms with Gasteiger partial charge in [0.15, 0.2) is 0 Å². The minimum absolute atomic E-state index is 0.0499. The molecule has 5 nitrogen and oxygen atoms in total. The Hall–Kier alpha value is -3.03. The number of carbonyl (C=O) groups is 1. The van der Waals surface area contributed by atoms with E-state index in [1.807, 2.05) is 42.5 Å². The van der Waals surface area contributed by atoms with Gasteiger partial charge in [-0.2, -0.15) is 0 Å². The largest absolute Gasteiger partial charge is 0.273 e. The van der Waals surface area contributed by atoms with Crippen molar-refractivity contribution in [3.05, 3.63) is 72.3 Å². The molecule has 1 saturated heterocycles. The molecule has 29 heavy (non-hydrogen) atoms. The highest BCUT2D eigenvalue weighted by Crippen LogP contribution is 2.46. The third-order valence-electron chi connectivity index (χ3n) is 5.17. The summed E-state index contributed by atoms with van der Waals surface area (Å²) in [5.41, 5.74) is 2.81. The Morgan fingerprint density at radius 3 is 2.62 bits per heavy atom. The van der Waals surface area contributed by atoms with Gasteiger partial charge in [-0.25, -0.2) is 4.98 Å². The van der Waals surface area contributed by atoms with E-state index in [9.17, 15) is 4.79 Å². The highest BCUT2D eigenvalue weighted by Gasteiger charge is 2.37. The average Bonchev–Trinajstić information content (AvgIpc) is 3.33. The van der Waals surface area contributed by atoms with Gasteiger partial charge in [0.2, 0.25) is 11.0 Å². The number of hydrogen-bond acceptors (Lipinski definition) is 6. The first-order valence-electron chi connectivity index (χ1n) is 9.23. The standard InChI is InChI=1S/C22H14N4OS2/c27-18-12-28-21(15-10-5-7-13-6-1-2-8-14(13)15)26(18)22-25-24-19-16-9-3-4-11-17(16)23-20(19)29-22/h1-11,21H,12H2. The summed E-state index contributed by atoms with van der Waals surface area (Å²) in [6.07, 6.45) is 0. The number of benzene rings is 3.